The van der Waals surface area contributed by atoms with Crippen molar-refractivity contribution in [1.82, 2.24) is 10.3 Å². The first-order chi connectivity index (χ1) is 16.8. The van der Waals surface area contributed by atoms with Gasteiger partial charge in [-0.2, -0.15) is 5.26 Å². The minimum atomic E-state index is -0.387. The number of rotatable bonds is 7. The minimum absolute atomic E-state index is 0.123. The molecule has 2 heterocycles. The van der Waals surface area contributed by atoms with Gasteiger partial charge in [-0.3, -0.25) is 4.79 Å². The van der Waals surface area contributed by atoms with Crippen molar-refractivity contribution in [2.45, 2.75) is 58.3 Å². The van der Waals surface area contributed by atoms with E-state index in [1.807, 2.05) is 74.5 Å². The molecule has 6 heteroatoms. The van der Waals surface area contributed by atoms with Gasteiger partial charge in [-0.05, 0) is 36.5 Å². The van der Waals surface area contributed by atoms with Gasteiger partial charge in [0.2, 0.25) is 5.88 Å². The van der Waals surface area contributed by atoms with Crippen molar-refractivity contribution in [2.75, 3.05) is 6.61 Å². The quantitative estimate of drug-likeness (QED) is 0.513. The second-order valence-electron chi connectivity index (χ2n) is 9.74. The van der Waals surface area contributed by atoms with Crippen molar-refractivity contribution in [3.8, 4) is 11.9 Å². The fourth-order valence-corrected chi connectivity index (χ4v) is 4.45. The smallest absolute Gasteiger partial charge is 0.258 e. The summed E-state index contributed by atoms with van der Waals surface area (Å²) < 4.78 is 11.9. The number of nitriles is 1. The summed E-state index contributed by atoms with van der Waals surface area (Å²) in [7, 11) is 0. The fraction of sp³-hybridized carbons (Fsp3) is 0.345. The molecule has 0 aliphatic carbocycles. The Morgan fingerprint density at radius 2 is 1.69 bits per heavy atom. The van der Waals surface area contributed by atoms with Crippen molar-refractivity contribution in [1.29, 1.82) is 5.26 Å². The molecule has 1 aliphatic heterocycles. The van der Waals surface area contributed by atoms with Crippen molar-refractivity contribution in [3.63, 3.8) is 0 Å². The highest BCUT2D eigenvalue weighted by Crippen LogP contribution is 2.37. The first kappa shape index (κ1) is 24.4. The van der Waals surface area contributed by atoms with Crippen LogP contribution in [0.1, 0.15) is 73.2 Å². The highest BCUT2D eigenvalue weighted by Gasteiger charge is 2.33. The third-order valence-electron chi connectivity index (χ3n) is 6.19. The molecule has 0 unspecified atom stereocenters. The Morgan fingerprint density at radius 1 is 1.09 bits per heavy atom. The van der Waals surface area contributed by atoms with Crippen molar-refractivity contribution in [3.05, 3.63) is 94.2 Å². The van der Waals surface area contributed by atoms with Crippen molar-refractivity contribution < 1.29 is 14.3 Å². The molecule has 180 valence electrons. The minimum Gasteiger partial charge on any atom is -0.467 e. The Kier molecular flexibility index (Phi) is 7.18. The third kappa shape index (κ3) is 5.52. The maximum absolute atomic E-state index is 13.0. The molecule has 1 aromatic heterocycles. The van der Waals surface area contributed by atoms with Crippen LogP contribution in [0, 0.1) is 11.3 Å². The van der Waals surface area contributed by atoms with Crippen LogP contribution in [0.15, 0.2) is 60.7 Å². The van der Waals surface area contributed by atoms with Crippen molar-refractivity contribution in [2.24, 2.45) is 0 Å². The lowest BCUT2D eigenvalue weighted by atomic mass is 9.86. The Labute approximate surface area is 206 Å². The van der Waals surface area contributed by atoms with E-state index in [4.69, 9.17) is 9.47 Å². The first-order valence-corrected chi connectivity index (χ1v) is 11.9. The highest BCUT2D eigenvalue weighted by molar-refractivity contribution is 5.78. The first-order valence-electron chi connectivity index (χ1n) is 11.9. The number of carbonyl (C=O) groups excluding carboxylic acids is 1. The van der Waals surface area contributed by atoms with Gasteiger partial charge in [0.05, 0.1) is 23.9 Å². The molecule has 2 aromatic carbocycles. The van der Waals surface area contributed by atoms with Crippen LogP contribution < -0.4 is 10.1 Å². The number of aromatic nitrogens is 1. The molecule has 1 amide bonds. The number of hydrogen-bond donors (Lipinski definition) is 1. The summed E-state index contributed by atoms with van der Waals surface area (Å²) in [5.74, 6) is 0.0395. The molecule has 0 spiro atoms. The lowest BCUT2D eigenvalue weighted by Gasteiger charge is -2.34. The summed E-state index contributed by atoms with van der Waals surface area (Å²) in [5, 5.41) is 13.0. The van der Waals surface area contributed by atoms with Gasteiger partial charge < -0.3 is 14.8 Å². The topological polar surface area (TPSA) is 84.2 Å². The molecule has 35 heavy (non-hydrogen) atoms. The highest BCUT2D eigenvalue weighted by atomic mass is 16.5. The van der Waals surface area contributed by atoms with Crippen molar-refractivity contribution >= 4 is 5.91 Å². The zero-order chi connectivity index (χ0) is 25.0. The molecule has 0 atom stereocenters. The van der Waals surface area contributed by atoms with E-state index in [1.165, 1.54) is 0 Å². The number of amides is 1. The Hall–Kier alpha value is -3.69. The van der Waals surface area contributed by atoms with Gasteiger partial charge in [0.1, 0.15) is 11.6 Å². The Morgan fingerprint density at radius 3 is 2.23 bits per heavy atom. The molecular weight excluding hydrogens is 438 g/mol. The zero-order valence-electron chi connectivity index (χ0n) is 20.7. The van der Waals surface area contributed by atoms with Gasteiger partial charge >= 0.3 is 0 Å². The van der Waals surface area contributed by atoms with E-state index in [2.05, 4.69) is 30.2 Å². The van der Waals surface area contributed by atoms with E-state index < -0.39 is 0 Å². The van der Waals surface area contributed by atoms with E-state index in [0.717, 1.165) is 27.9 Å². The number of benzene rings is 2. The fourth-order valence-electron chi connectivity index (χ4n) is 4.45. The lowest BCUT2D eigenvalue weighted by Crippen LogP contribution is -2.35. The van der Waals surface area contributed by atoms with Crippen LogP contribution in [0.5, 0.6) is 5.88 Å². The summed E-state index contributed by atoms with van der Waals surface area (Å²) in [6.45, 7) is 8.29. The van der Waals surface area contributed by atoms with E-state index >= 15 is 0 Å². The standard InChI is InChI=1S/C29H31N3O3/c1-19(2)26-24-17-35-29(3,4)15-22(24)23(16-30)28(32-26)34-18-25(33)31-27(20-11-7-5-8-12-20)21-13-9-6-10-14-21/h5-14,19,27H,15,17-18H2,1-4H3,(H,31,33). The summed E-state index contributed by atoms with van der Waals surface area (Å²) in [4.78, 5) is 17.7. The molecule has 3 aromatic rings. The van der Waals surface area contributed by atoms with Gasteiger partial charge in [0.25, 0.3) is 5.91 Å². The number of fused-ring (bicyclic) bond motifs is 1. The van der Waals surface area contributed by atoms with Crippen LogP contribution in [-0.2, 0) is 22.6 Å². The molecule has 4 rings (SSSR count). The van der Waals surface area contributed by atoms with E-state index in [0.29, 0.717) is 18.6 Å². The molecular formula is C29H31N3O3. The summed E-state index contributed by atoms with van der Waals surface area (Å²) in [6, 6.07) is 21.6. The predicted molar refractivity (Wildman–Crippen MR) is 134 cm³/mol. The zero-order valence-corrected chi connectivity index (χ0v) is 20.7. The van der Waals surface area contributed by atoms with E-state index in [-0.39, 0.29) is 36.0 Å². The molecule has 0 saturated heterocycles. The average Bonchev–Trinajstić information content (AvgIpc) is 2.85. The second-order valence-corrected chi connectivity index (χ2v) is 9.74. The molecule has 0 bridgehead atoms. The van der Waals surface area contributed by atoms with Gasteiger partial charge in [0, 0.05) is 12.0 Å². The Balaban J connectivity index is 1.58. The predicted octanol–water partition coefficient (Wildman–Crippen LogP) is 5.21. The molecule has 6 nitrogen and oxygen atoms in total. The SMILES string of the molecule is CC(C)c1nc(OCC(=O)NC(c2ccccc2)c2ccccc2)c(C#N)c2c1COC(C)(C)C2. The molecule has 0 fully saturated rings. The number of pyridine rings is 1. The normalized spacial score (nSPS) is 14.3. The van der Waals surface area contributed by atoms with Gasteiger partial charge in [-0.15, -0.1) is 0 Å². The second kappa shape index (κ2) is 10.3. The van der Waals surface area contributed by atoms with Crippen LogP contribution in [-0.4, -0.2) is 23.1 Å². The average molecular weight is 470 g/mol. The monoisotopic (exact) mass is 469 g/mol. The third-order valence-corrected chi connectivity index (χ3v) is 6.19. The molecule has 0 saturated carbocycles. The molecule has 0 radical (unpaired) electrons. The van der Waals surface area contributed by atoms with E-state index in [1.54, 1.807) is 0 Å². The maximum Gasteiger partial charge on any atom is 0.258 e. The van der Waals surface area contributed by atoms with Crippen LogP contribution in [0.3, 0.4) is 0 Å². The largest absolute Gasteiger partial charge is 0.467 e. The van der Waals surface area contributed by atoms with Gasteiger partial charge in [0.15, 0.2) is 6.61 Å². The van der Waals surface area contributed by atoms with Crippen LogP contribution in [0.4, 0.5) is 0 Å². The van der Waals surface area contributed by atoms with Crippen LogP contribution in [0.25, 0.3) is 0 Å². The van der Waals surface area contributed by atoms with Gasteiger partial charge in [-0.25, -0.2) is 4.98 Å². The summed E-state index contributed by atoms with van der Waals surface area (Å²) in [5.41, 5.74) is 4.65. The van der Waals surface area contributed by atoms with E-state index in [9.17, 15) is 10.1 Å². The Bertz CT molecular complexity index is 1190. The summed E-state index contributed by atoms with van der Waals surface area (Å²) >= 11 is 0. The summed E-state index contributed by atoms with van der Waals surface area (Å²) in [6.07, 6.45) is 0.583. The molecule has 1 N–H and O–H groups in total. The number of ether oxygens (including phenoxy) is 2. The van der Waals surface area contributed by atoms with Crippen LogP contribution in [0.2, 0.25) is 0 Å². The number of hydrogen-bond acceptors (Lipinski definition) is 5. The lowest BCUT2D eigenvalue weighted by molar-refractivity contribution is -0.123. The maximum atomic E-state index is 13.0. The molecule has 1 aliphatic rings. The number of nitrogens with one attached hydrogen (secondary N) is 1. The number of carbonyl (C=O) groups is 1. The van der Waals surface area contributed by atoms with Gasteiger partial charge in [-0.1, -0.05) is 74.5 Å². The van der Waals surface area contributed by atoms with Crippen LogP contribution >= 0.6 is 0 Å². The number of nitrogens with zero attached hydrogens (tertiary/aromatic N) is 2.